The molecule has 1 atom stereocenters. The lowest BCUT2D eigenvalue weighted by molar-refractivity contribution is -0.115. The highest BCUT2D eigenvalue weighted by Crippen LogP contribution is 2.29. The first kappa shape index (κ1) is 21.6. The number of anilines is 2. The third-order valence-corrected chi connectivity index (χ3v) is 5.41. The molecule has 10 heteroatoms. The van der Waals surface area contributed by atoms with Crippen molar-refractivity contribution < 1.29 is 18.8 Å². The number of hydrogen-bond acceptors (Lipinski definition) is 7. The van der Waals surface area contributed by atoms with Gasteiger partial charge in [0.25, 0.3) is 5.91 Å². The lowest BCUT2D eigenvalue weighted by atomic mass is 10.0. The van der Waals surface area contributed by atoms with E-state index in [-0.39, 0.29) is 35.7 Å². The molecule has 0 saturated carbocycles. The summed E-state index contributed by atoms with van der Waals surface area (Å²) < 4.78 is 12.2. The van der Waals surface area contributed by atoms with Crippen LogP contribution in [0.5, 0.6) is 0 Å². The molecule has 1 fully saturated rings. The highest BCUT2D eigenvalue weighted by molar-refractivity contribution is 6.03. The smallest absolute Gasteiger partial charge is 0.254 e. The maximum Gasteiger partial charge on any atom is 0.254 e. The predicted octanol–water partition coefficient (Wildman–Crippen LogP) is 2.49. The van der Waals surface area contributed by atoms with Crippen LogP contribution in [0.2, 0.25) is 0 Å². The number of hydrogen-bond donors (Lipinski definition) is 3. The Bertz CT molecular complexity index is 1130. The number of benzene rings is 1. The maximum absolute atomic E-state index is 12.4. The van der Waals surface area contributed by atoms with Gasteiger partial charge in [-0.2, -0.15) is 5.10 Å². The Morgan fingerprint density at radius 1 is 1.28 bits per heavy atom. The number of nitrogens with zero attached hydrogens (tertiary/aromatic N) is 3. The molecule has 0 radical (unpaired) electrons. The first-order valence-corrected chi connectivity index (χ1v) is 10.4. The zero-order chi connectivity index (χ0) is 22.8. The second kappa shape index (κ2) is 8.83. The Balaban J connectivity index is 1.45. The molecule has 1 aliphatic rings. The first-order valence-electron chi connectivity index (χ1n) is 10.4. The van der Waals surface area contributed by atoms with Crippen molar-refractivity contribution in [1.29, 1.82) is 0 Å². The average Bonchev–Trinajstić information content (AvgIpc) is 3.48. The first-order chi connectivity index (χ1) is 15.3. The molecular weight excluding hydrogens is 412 g/mol. The fraction of sp³-hybridized carbons (Fsp3) is 0.364. The normalized spacial score (nSPS) is 15.9. The van der Waals surface area contributed by atoms with Gasteiger partial charge in [-0.3, -0.25) is 14.9 Å². The van der Waals surface area contributed by atoms with Crippen molar-refractivity contribution in [2.45, 2.75) is 38.6 Å². The summed E-state index contributed by atoms with van der Waals surface area (Å²) in [5, 5.41) is 11.2. The van der Waals surface area contributed by atoms with Crippen LogP contribution in [-0.4, -0.2) is 40.0 Å². The number of carbonyl (C=O) groups excluding carboxylic acids is 2. The molecule has 1 aliphatic heterocycles. The standard InChI is InChI=1S/C22H26N6O4/c1-12(2)28-21(23)19(22(24)30)20(26-28)14-5-3-13(4-6-14)9-17(29)25-18-10-16(27-32-18)15-7-8-31-11-15/h3-6,10,12,15H,7-9,11,23H2,1-2H3,(H2,24,30)(H,25,29). The molecular formula is C22H26N6O4. The van der Waals surface area contributed by atoms with Crippen LogP contribution in [0, 0.1) is 0 Å². The van der Waals surface area contributed by atoms with Crippen LogP contribution in [0.3, 0.4) is 0 Å². The van der Waals surface area contributed by atoms with Crippen LogP contribution in [0.1, 0.15) is 53.8 Å². The zero-order valence-corrected chi connectivity index (χ0v) is 18.0. The number of primary amides is 1. The highest BCUT2D eigenvalue weighted by Gasteiger charge is 2.23. The molecule has 5 N–H and O–H groups in total. The molecule has 2 amide bonds. The lowest BCUT2D eigenvalue weighted by Crippen LogP contribution is -2.15. The van der Waals surface area contributed by atoms with E-state index in [2.05, 4.69) is 15.6 Å². The van der Waals surface area contributed by atoms with E-state index < -0.39 is 5.91 Å². The summed E-state index contributed by atoms with van der Waals surface area (Å²) in [5.74, 6) is -0.107. The van der Waals surface area contributed by atoms with Crippen molar-refractivity contribution in [3.8, 4) is 11.3 Å². The summed E-state index contributed by atoms with van der Waals surface area (Å²) in [6.07, 6.45) is 1.04. The van der Waals surface area contributed by atoms with Crippen molar-refractivity contribution in [3.05, 3.63) is 47.2 Å². The Kier molecular flexibility index (Phi) is 5.95. The van der Waals surface area contributed by atoms with Gasteiger partial charge in [0.2, 0.25) is 11.8 Å². The molecule has 32 heavy (non-hydrogen) atoms. The molecule has 10 nitrogen and oxygen atoms in total. The van der Waals surface area contributed by atoms with Crippen LogP contribution in [0.4, 0.5) is 11.7 Å². The third-order valence-electron chi connectivity index (χ3n) is 5.41. The van der Waals surface area contributed by atoms with Crippen molar-refractivity contribution in [2.75, 3.05) is 24.3 Å². The monoisotopic (exact) mass is 438 g/mol. The number of rotatable bonds is 7. The van der Waals surface area contributed by atoms with Gasteiger partial charge >= 0.3 is 0 Å². The van der Waals surface area contributed by atoms with Gasteiger partial charge in [0, 0.05) is 30.2 Å². The van der Waals surface area contributed by atoms with E-state index in [1.807, 2.05) is 13.8 Å². The molecule has 0 spiro atoms. The summed E-state index contributed by atoms with van der Waals surface area (Å²) in [7, 11) is 0. The van der Waals surface area contributed by atoms with Gasteiger partial charge in [0.15, 0.2) is 0 Å². The van der Waals surface area contributed by atoms with Gasteiger partial charge in [-0.05, 0) is 25.8 Å². The molecule has 1 saturated heterocycles. The van der Waals surface area contributed by atoms with Gasteiger partial charge in [0.1, 0.15) is 17.1 Å². The number of amides is 2. The van der Waals surface area contributed by atoms with Gasteiger partial charge in [-0.25, -0.2) is 4.68 Å². The molecule has 168 valence electrons. The minimum atomic E-state index is -0.636. The minimum Gasteiger partial charge on any atom is -0.383 e. The third kappa shape index (κ3) is 4.35. The fourth-order valence-corrected chi connectivity index (χ4v) is 3.74. The molecule has 3 aromatic rings. The topological polar surface area (TPSA) is 151 Å². The Morgan fingerprint density at radius 2 is 2.03 bits per heavy atom. The molecule has 0 aliphatic carbocycles. The summed E-state index contributed by atoms with van der Waals surface area (Å²) in [5.41, 5.74) is 14.5. The number of ether oxygens (including phenoxy) is 1. The van der Waals surface area contributed by atoms with E-state index in [9.17, 15) is 9.59 Å². The molecule has 2 aromatic heterocycles. The van der Waals surface area contributed by atoms with E-state index in [4.69, 9.17) is 20.7 Å². The van der Waals surface area contributed by atoms with Crippen molar-refractivity contribution in [2.24, 2.45) is 5.73 Å². The van der Waals surface area contributed by atoms with Gasteiger partial charge in [0.05, 0.1) is 18.7 Å². The molecule has 0 bridgehead atoms. The van der Waals surface area contributed by atoms with Crippen LogP contribution >= 0.6 is 0 Å². The quantitative estimate of drug-likeness (QED) is 0.512. The van der Waals surface area contributed by atoms with E-state index in [1.165, 1.54) is 0 Å². The average molecular weight is 438 g/mol. The predicted molar refractivity (Wildman–Crippen MR) is 118 cm³/mol. The lowest BCUT2D eigenvalue weighted by Gasteiger charge is -2.07. The second-order valence-corrected chi connectivity index (χ2v) is 8.11. The summed E-state index contributed by atoms with van der Waals surface area (Å²) in [6.45, 7) is 5.16. The second-order valence-electron chi connectivity index (χ2n) is 8.11. The number of aromatic nitrogens is 3. The Morgan fingerprint density at radius 3 is 2.66 bits per heavy atom. The van der Waals surface area contributed by atoms with Crippen molar-refractivity contribution in [3.63, 3.8) is 0 Å². The van der Waals surface area contributed by atoms with Gasteiger partial charge < -0.3 is 20.7 Å². The maximum atomic E-state index is 12.4. The van der Waals surface area contributed by atoms with Gasteiger partial charge in [-0.15, -0.1) is 0 Å². The fourth-order valence-electron chi connectivity index (χ4n) is 3.74. The van der Waals surface area contributed by atoms with E-state index in [0.717, 1.165) is 17.7 Å². The number of carbonyl (C=O) groups is 2. The molecule has 4 rings (SSSR count). The van der Waals surface area contributed by atoms with Crippen molar-refractivity contribution in [1.82, 2.24) is 14.9 Å². The Labute approximate surface area is 184 Å². The number of nitrogens with two attached hydrogens (primary N) is 2. The minimum absolute atomic E-state index is 0.0254. The van der Waals surface area contributed by atoms with E-state index in [0.29, 0.717) is 30.4 Å². The van der Waals surface area contributed by atoms with Crippen molar-refractivity contribution >= 4 is 23.5 Å². The molecule has 3 heterocycles. The largest absolute Gasteiger partial charge is 0.383 e. The number of nitrogens with one attached hydrogen (secondary N) is 1. The van der Waals surface area contributed by atoms with Crippen LogP contribution in [0.15, 0.2) is 34.9 Å². The summed E-state index contributed by atoms with van der Waals surface area (Å²) in [4.78, 5) is 24.4. The number of nitrogen functional groups attached to an aromatic ring is 1. The van der Waals surface area contributed by atoms with Crippen LogP contribution < -0.4 is 16.8 Å². The zero-order valence-electron chi connectivity index (χ0n) is 18.0. The SMILES string of the molecule is CC(C)n1nc(-c2ccc(CC(=O)Nc3cc(C4CCOC4)no3)cc2)c(C(N)=O)c1N. The van der Waals surface area contributed by atoms with Gasteiger partial charge in [-0.1, -0.05) is 29.4 Å². The Hall–Kier alpha value is -3.66. The van der Waals surface area contributed by atoms with E-state index in [1.54, 1.807) is 35.0 Å². The molecule has 1 unspecified atom stereocenters. The van der Waals surface area contributed by atoms with Crippen LogP contribution in [-0.2, 0) is 16.0 Å². The molecule has 1 aromatic carbocycles. The summed E-state index contributed by atoms with van der Waals surface area (Å²) >= 11 is 0. The highest BCUT2D eigenvalue weighted by atomic mass is 16.5. The summed E-state index contributed by atoms with van der Waals surface area (Å²) in [6, 6.07) is 8.88. The van der Waals surface area contributed by atoms with Crippen LogP contribution in [0.25, 0.3) is 11.3 Å². The van der Waals surface area contributed by atoms with E-state index >= 15 is 0 Å².